The van der Waals surface area contributed by atoms with E-state index in [1.54, 1.807) is 18.5 Å². The molecule has 20 heavy (non-hydrogen) atoms. The lowest BCUT2D eigenvalue weighted by Gasteiger charge is -2.01. The molecule has 0 bridgehead atoms. The molecule has 0 fully saturated rings. The van der Waals surface area contributed by atoms with Gasteiger partial charge >= 0.3 is 5.97 Å². The van der Waals surface area contributed by atoms with Crippen molar-refractivity contribution in [2.24, 2.45) is 0 Å². The fraction of sp³-hybridized carbons (Fsp3) is 0.200. The Morgan fingerprint density at radius 1 is 1.50 bits per heavy atom. The van der Waals surface area contributed by atoms with Crippen LogP contribution in [-0.4, -0.2) is 22.8 Å². The summed E-state index contributed by atoms with van der Waals surface area (Å²) in [6.07, 6.45) is 7.21. The minimum Gasteiger partial charge on any atom is -0.462 e. The number of aryl methyl sites for hydroxylation is 1. The van der Waals surface area contributed by atoms with Gasteiger partial charge in [-0.05, 0) is 35.8 Å². The summed E-state index contributed by atoms with van der Waals surface area (Å²) in [7, 11) is 0. The molecule has 1 aromatic carbocycles. The van der Waals surface area contributed by atoms with Gasteiger partial charge in [0, 0.05) is 23.7 Å². The van der Waals surface area contributed by atoms with Crippen LogP contribution in [0.4, 0.5) is 0 Å². The first-order valence-corrected chi connectivity index (χ1v) is 6.61. The van der Waals surface area contributed by atoms with Crippen LogP contribution >= 0.6 is 11.6 Å². The zero-order valence-corrected chi connectivity index (χ0v) is 11.9. The highest BCUT2D eigenvalue weighted by atomic mass is 35.5. The van der Waals surface area contributed by atoms with E-state index < -0.39 is 0 Å². The van der Waals surface area contributed by atoms with Crippen molar-refractivity contribution in [3.8, 4) is 0 Å². The topological polar surface area (TPSA) is 55.0 Å². The Morgan fingerprint density at radius 3 is 3.05 bits per heavy atom. The normalized spacial score (nSPS) is 10.9. The summed E-state index contributed by atoms with van der Waals surface area (Å²) in [5, 5.41) is 7.21. The number of esters is 1. The first kappa shape index (κ1) is 14.3. The van der Waals surface area contributed by atoms with Crippen LogP contribution in [0.5, 0.6) is 0 Å². The van der Waals surface area contributed by atoms with E-state index in [1.165, 1.54) is 6.08 Å². The summed E-state index contributed by atoms with van der Waals surface area (Å²) in [5.74, 6) is -0.370. The number of benzene rings is 1. The van der Waals surface area contributed by atoms with Crippen LogP contribution in [0.2, 0.25) is 5.02 Å². The molecule has 0 aliphatic heterocycles. The second-order valence-corrected chi connectivity index (χ2v) is 4.77. The summed E-state index contributed by atoms with van der Waals surface area (Å²) in [6, 6.07) is 5.62. The van der Waals surface area contributed by atoms with Gasteiger partial charge in [-0.25, -0.2) is 4.79 Å². The minimum absolute atomic E-state index is 0.331. The van der Waals surface area contributed by atoms with Gasteiger partial charge in [-0.2, -0.15) is 5.10 Å². The number of nitrogens with one attached hydrogen (secondary N) is 1. The van der Waals surface area contributed by atoms with Crippen molar-refractivity contribution < 1.29 is 9.53 Å². The third kappa shape index (κ3) is 4.24. The van der Waals surface area contributed by atoms with E-state index in [0.29, 0.717) is 18.1 Å². The highest BCUT2D eigenvalue weighted by molar-refractivity contribution is 6.31. The van der Waals surface area contributed by atoms with Gasteiger partial charge in [-0.3, -0.25) is 5.10 Å². The van der Waals surface area contributed by atoms with E-state index >= 15 is 0 Å². The van der Waals surface area contributed by atoms with E-state index in [2.05, 4.69) is 10.2 Å². The molecule has 0 aliphatic carbocycles. The van der Waals surface area contributed by atoms with Gasteiger partial charge < -0.3 is 4.74 Å². The number of carbonyl (C=O) groups is 1. The molecule has 1 aromatic heterocycles. The Balaban J connectivity index is 1.81. The van der Waals surface area contributed by atoms with Gasteiger partial charge in [0.05, 0.1) is 12.8 Å². The van der Waals surface area contributed by atoms with Crippen molar-refractivity contribution in [2.75, 3.05) is 6.61 Å². The Labute approximate surface area is 122 Å². The molecular weight excluding hydrogens is 276 g/mol. The van der Waals surface area contributed by atoms with Crippen LogP contribution in [0.15, 0.2) is 36.7 Å². The predicted molar refractivity (Wildman–Crippen MR) is 78.5 cm³/mol. The molecule has 0 saturated carbocycles. The molecule has 4 nitrogen and oxygen atoms in total. The van der Waals surface area contributed by atoms with Crippen LogP contribution in [0, 0.1) is 6.92 Å². The standard InChI is InChI=1S/C15H15ClN2O2/c1-11-2-3-12(8-14(11)16)4-5-15(19)20-7-6-13-9-17-18-10-13/h2-5,8-10H,6-7H2,1H3,(H,17,18)/b5-4+. The summed E-state index contributed by atoms with van der Waals surface area (Å²) in [4.78, 5) is 11.5. The second-order valence-electron chi connectivity index (χ2n) is 4.37. The zero-order chi connectivity index (χ0) is 14.4. The van der Waals surface area contributed by atoms with Gasteiger partial charge in [0.25, 0.3) is 0 Å². The number of H-pyrrole nitrogens is 1. The van der Waals surface area contributed by atoms with E-state index in [-0.39, 0.29) is 5.97 Å². The number of carbonyl (C=O) groups excluding carboxylic acids is 1. The molecule has 2 rings (SSSR count). The molecule has 0 atom stereocenters. The smallest absolute Gasteiger partial charge is 0.330 e. The van der Waals surface area contributed by atoms with Crippen LogP contribution in [0.25, 0.3) is 6.08 Å². The average Bonchev–Trinajstić information content (AvgIpc) is 2.93. The van der Waals surface area contributed by atoms with Crippen LogP contribution < -0.4 is 0 Å². The molecule has 104 valence electrons. The maximum Gasteiger partial charge on any atom is 0.330 e. The summed E-state index contributed by atoms with van der Waals surface area (Å²) < 4.78 is 5.09. The van der Waals surface area contributed by atoms with Crippen molar-refractivity contribution in [1.29, 1.82) is 0 Å². The Bertz CT molecular complexity index is 606. The SMILES string of the molecule is Cc1ccc(/C=C/C(=O)OCCc2cn[nH]c2)cc1Cl. The van der Waals surface area contributed by atoms with E-state index in [9.17, 15) is 4.79 Å². The first-order chi connectivity index (χ1) is 9.65. The molecule has 0 amide bonds. The number of aromatic nitrogens is 2. The second kappa shape index (κ2) is 6.91. The number of nitrogens with zero attached hydrogens (tertiary/aromatic N) is 1. The number of halogens is 1. The van der Waals surface area contributed by atoms with E-state index in [1.807, 2.05) is 25.1 Å². The number of ether oxygens (including phenoxy) is 1. The summed E-state index contributed by atoms with van der Waals surface area (Å²) >= 11 is 6.01. The van der Waals surface area contributed by atoms with Crippen LogP contribution in [0.1, 0.15) is 16.7 Å². The third-order valence-electron chi connectivity index (χ3n) is 2.80. The highest BCUT2D eigenvalue weighted by Gasteiger charge is 2.00. The number of aromatic amines is 1. The van der Waals surface area contributed by atoms with Crippen molar-refractivity contribution in [3.63, 3.8) is 0 Å². The average molecular weight is 291 g/mol. The fourth-order valence-corrected chi connectivity index (χ4v) is 1.80. The van der Waals surface area contributed by atoms with Crippen LogP contribution in [-0.2, 0) is 16.0 Å². The zero-order valence-electron chi connectivity index (χ0n) is 11.1. The molecule has 0 radical (unpaired) electrons. The molecule has 1 heterocycles. The lowest BCUT2D eigenvalue weighted by atomic mass is 10.1. The van der Waals surface area contributed by atoms with Crippen molar-refractivity contribution in [3.05, 3.63) is 58.4 Å². The highest BCUT2D eigenvalue weighted by Crippen LogP contribution is 2.17. The molecule has 0 unspecified atom stereocenters. The lowest BCUT2D eigenvalue weighted by molar-refractivity contribution is -0.137. The van der Waals surface area contributed by atoms with E-state index in [0.717, 1.165) is 16.7 Å². The maximum absolute atomic E-state index is 11.5. The molecule has 0 saturated heterocycles. The predicted octanol–water partition coefficient (Wildman–Crippen LogP) is 3.17. The van der Waals surface area contributed by atoms with Gasteiger partial charge in [0.1, 0.15) is 0 Å². The van der Waals surface area contributed by atoms with Gasteiger partial charge in [-0.15, -0.1) is 0 Å². The molecular formula is C15H15ClN2O2. The maximum atomic E-state index is 11.5. The van der Waals surface area contributed by atoms with Crippen molar-refractivity contribution in [1.82, 2.24) is 10.2 Å². The Kier molecular flexibility index (Phi) is 4.96. The van der Waals surface area contributed by atoms with Gasteiger partial charge in [0.2, 0.25) is 0 Å². The molecule has 0 spiro atoms. The Morgan fingerprint density at radius 2 is 2.35 bits per heavy atom. The molecule has 2 aromatic rings. The fourth-order valence-electron chi connectivity index (χ4n) is 1.61. The molecule has 5 heteroatoms. The molecule has 0 aliphatic rings. The largest absolute Gasteiger partial charge is 0.462 e. The third-order valence-corrected chi connectivity index (χ3v) is 3.20. The quantitative estimate of drug-likeness (QED) is 0.680. The summed E-state index contributed by atoms with van der Waals surface area (Å²) in [6.45, 7) is 2.26. The van der Waals surface area contributed by atoms with E-state index in [4.69, 9.17) is 16.3 Å². The Hall–Kier alpha value is -2.07. The monoisotopic (exact) mass is 290 g/mol. The minimum atomic E-state index is -0.370. The number of hydrogen-bond acceptors (Lipinski definition) is 3. The van der Waals surface area contributed by atoms with Crippen molar-refractivity contribution in [2.45, 2.75) is 13.3 Å². The lowest BCUT2D eigenvalue weighted by Crippen LogP contribution is -2.04. The summed E-state index contributed by atoms with van der Waals surface area (Å²) in [5.41, 5.74) is 2.88. The van der Waals surface area contributed by atoms with Crippen molar-refractivity contribution >= 4 is 23.6 Å². The number of rotatable bonds is 5. The molecule has 1 N–H and O–H groups in total. The van der Waals surface area contributed by atoms with Gasteiger partial charge in [0.15, 0.2) is 0 Å². The number of hydrogen-bond donors (Lipinski definition) is 1. The van der Waals surface area contributed by atoms with Gasteiger partial charge in [-0.1, -0.05) is 23.7 Å². The first-order valence-electron chi connectivity index (χ1n) is 6.24. The van der Waals surface area contributed by atoms with Crippen LogP contribution in [0.3, 0.4) is 0 Å².